The normalized spacial score (nSPS) is 15.8. The van der Waals surface area contributed by atoms with E-state index in [0.717, 1.165) is 16.7 Å². The van der Waals surface area contributed by atoms with Crippen LogP contribution in [0.2, 0.25) is 0 Å². The van der Waals surface area contributed by atoms with Crippen molar-refractivity contribution < 1.29 is 14.3 Å². The quantitative estimate of drug-likeness (QED) is 0.710. The van der Waals surface area contributed by atoms with Gasteiger partial charge in [-0.3, -0.25) is 4.79 Å². The third kappa shape index (κ3) is 3.65. The highest BCUT2D eigenvalue weighted by Crippen LogP contribution is 2.29. The average Bonchev–Trinajstić information content (AvgIpc) is 3.11. The lowest BCUT2D eigenvalue weighted by molar-refractivity contribution is -0.143. The van der Waals surface area contributed by atoms with Crippen LogP contribution in [0, 0.1) is 0 Å². The molecule has 0 radical (unpaired) electrons. The molecule has 0 saturated carbocycles. The molecule has 4 rings (SSSR count). The molecular weight excluding hydrogens is 338 g/mol. The number of cyclic esters (lactones) is 1. The van der Waals surface area contributed by atoms with E-state index in [4.69, 9.17) is 4.74 Å². The fourth-order valence-corrected chi connectivity index (χ4v) is 3.06. The molecule has 0 spiro atoms. The zero-order valence-electron chi connectivity index (χ0n) is 14.5. The number of ether oxygens (including phenoxy) is 1. The first-order valence-electron chi connectivity index (χ1n) is 8.65. The fraction of sp³-hybridized carbons (Fsp3) is 0.0435. The summed E-state index contributed by atoms with van der Waals surface area (Å²) in [4.78, 5) is 24.4. The van der Waals surface area contributed by atoms with E-state index in [1.165, 1.54) is 6.08 Å². The summed E-state index contributed by atoms with van der Waals surface area (Å²) in [5.41, 5.74) is 4.18. The highest BCUT2D eigenvalue weighted by molar-refractivity contribution is 6.10. The molecule has 1 aliphatic rings. The van der Waals surface area contributed by atoms with Crippen molar-refractivity contribution >= 4 is 23.1 Å². The maximum absolute atomic E-state index is 12.6. The second kappa shape index (κ2) is 7.30. The molecule has 132 valence electrons. The van der Waals surface area contributed by atoms with Gasteiger partial charge < -0.3 is 10.1 Å². The maximum atomic E-state index is 12.6. The predicted molar refractivity (Wildman–Crippen MR) is 105 cm³/mol. The zero-order valence-corrected chi connectivity index (χ0v) is 14.5. The minimum absolute atomic E-state index is 0.370. The van der Waals surface area contributed by atoms with E-state index in [2.05, 4.69) is 5.32 Å². The lowest BCUT2D eigenvalue weighted by Crippen LogP contribution is -2.29. The number of para-hydroxylation sites is 1. The summed E-state index contributed by atoms with van der Waals surface area (Å²) in [6, 6.07) is 26.9. The molecule has 1 heterocycles. The number of hydrogen-bond donors (Lipinski definition) is 1. The fourth-order valence-electron chi connectivity index (χ4n) is 3.06. The number of benzene rings is 3. The Hall–Kier alpha value is -3.66. The predicted octanol–water partition coefficient (Wildman–Crippen LogP) is 4.30. The van der Waals surface area contributed by atoms with Crippen LogP contribution in [-0.2, 0) is 14.3 Å². The lowest BCUT2D eigenvalue weighted by Gasteiger charge is -2.15. The van der Waals surface area contributed by atoms with Gasteiger partial charge in [-0.05, 0) is 28.8 Å². The van der Waals surface area contributed by atoms with Crippen LogP contribution >= 0.6 is 0 Å². The van der Waals surface area contributed by atoms with Crippen LogP contribution in [0.25, 0.3) is 16.7 Å². The van der Waals surface area contributed by atoms with E-state index in [0.29, 0.717) is 11.3 Å². The van der Waals surface area contributed by atoms with Crippen molar-refractivity contribution in [2.45, 2.75) is 6.10 Å². The average molecular weight is 355 g/mol. The van der Waals surface area contributed by atoms with E-state index < -0.39 is 12.1 Å². The smallest absolute Gasteiger partial charge is 0.332 e. The van der Waals surface area contributed by atoms with Gasteiger partial charge in [0.1, 0.15) is 0 Å². The van der Waals surface area contributed by atoms with Crippen LogP contribution in [0.4, 0.5) is 5.69 Å². The summed E-state index contributed by atoms with van der Waals surface area (Å²) in [5, 5.41) is 2.78. The molecule has 1 N–H and O–H groups in total. The van der Waals surface area contributed by atoms with Gasteiger partial charge in [0.2, 0.25) is 6.10 Å². The van der Waals surface area contributed by atoms with Gasteiger partial charge in [-0.15, -0.1) is 0 Å². The van der Waals surface area contributed by atoms with E-state index in [-0.39, 0.29) is 5.91 Å². The lowest BCUT2D eigenvalue weighted by atomic mass is 9.97. The van der Waals surface area contributed by atoms with Crippen LogP contribution < -0.4 is 5.32 Å². The Kier molecular flexibility index (Phi) is 4.54. The van der Waals surface area contributed by atoms with Crippen LogP contribution in [0.3, 0.4) is 0 Å². The zero-order chi connectivity index (χ0) is 18.6. The van der Waals surface area contributed by atoms with Gasteiger partial charge in [0.05, 0.1) is 0 Å². The Labute approximate surface area is 157 Å². The van der Waals surface area contributed by atoms with E-state index in [1.807, 2.05) is 72.8 Å². The minimum atomic E-state index is -0.958. The van der Waals surface area contributed by atoms with Gasteiger partial charge in [-0.1, -0.05) is 72.8 Å². The van der Waals surface area contributed by atoms with Crippen LogP contribution in [0.1, 0.15) is 5.56 Å². The third-order valence-corrected chi connectivity index (χ3v) is 4.39. The first-order valence-corrected chi connectivity index (χ1v) is 8.65. The van der Waals surface area contributed by atoms with Crippen molar-refractivity contribution in [2.75, 3.05) is 5.32 Å². The van der Waals surface area contributed by atoms with E-state index in [9.17, 15) is 9.59 Å². The molecule has 0 bridgehead atoms. The van der Waals surface area contributed by atoms with Crippen molar-refractivity contribution in [1.82, 2.24) is 0 Å². The molecule has 0 aliphatic carbocycles. The first kappa shape index (κ1) is 16.8. The highest BCUT2D eigenvalue weighted by atomic mass is 16.6. The van der Waals surface area contributed by atoms with Gasteiger partial charge in [-0.2, -0.15) is 0 Å². The number of anilines is 1. The number of rotatable bonds is 4. The van der Waals surface area contributed by atoms with E-state index in [1.54, 1.807) is 12.1 Å². The molecule has 4 heteroatoms. The number of hydrogen-bond acceptors (Lipinski definition) is 3. The number of amides is 1. The number of nitrogens with one attached hydrogen (secondary N) is 1. The monoisotopic (exact) mass is 355 g/mol. The highest BCUT2D eigenvalue weighted by Gasteiger charge is 2.33. The Morgan fingerprint density at radius 2 is 1.30 bits per heavy atom. The standard InChI is InChI=1S/C23H17NO3/c25-21-15-20(22(27-21)23(26)24-19-9-5-2-6-10-19)18-13-11-17(12-14-18)16-7-3-1-4-8-16/h1-15,22H,(H,24,26). The molecule has 3 aromatic rings. The second-order valence-corrected chi connectivity index (χ2v) is 6.22. The molecule has 1 aliphatic heterocycles. The van der Waals surface area contributed by atoms with Crippen LogP contribution in [0.15, 0.2) is 91.0 Å². The van der Waals surface area contributed by atoms with Gasteiger partial charge in [0.25, 0.3) is 5.91 Å². The van der Waals surface area contributed by atoms with Gasteiger partial charge in [-0.25, -0.2) is 4.79 Å². The summed E-state index contributed by atoms with van der Waals surface area (Å²) < 4.78 is 5.23. The van der Waals surface area contributed by atoms with Crippen molar-refractivity contribution in [1.29, 1.82) is 0 Å². The van der Waals surface area contributed by atoms with Gasteiger partial charge in [0.15, 0.2) is 0 Å². The number of carbonyl (C=O) groups excluding carboxylic acids is 2. The topological polar surface area (TPSA) is 55.4 Å². The van der Waals surface area contributed by atoms with Crippen molar-refractivity contribution in [3.05, 3.63) is 96.6 Å². The van der Waals surface area contributed by atoms with Gasteiger partial charge >= 0.3 is 5.97 Å². The molecule has 1 unspecified atom stereocenters. The Balaban J connectivity index is 1.57. The molecular formula is C23H17NO3. The maximum Gasteiger partial charge on any atom is 0.332 e. The molecule has 4 nitrogen and oxygen atoms in total. The summed E-state index contributed by atoms with van der Waals surface area (Å²) in [7, 11) is 0. The molecule has 0 fully saturated rings. The Morgan fingerprint density at radius 3 is 1.96 bits per heavy atom. The Morgan fingerprint density at radius 1 is 0.741 bits per heavy atom. The Bertz CT molecular complexity index is 993. The van der Waals surface area contributed by atoms with Crippen molar-refractivity contribution in [2.24, 2.45) is 0 Å². The third-order valence-electron chi connectivity index (χ3n) is 4.39. The second-order valence-electron chi connectivity index (χ2n) is 6.22. The van der Waals surface area contributed by atoms with E-state index >= 15 is 0 Å². The molecule has 1 atom stereocenters. The number of carbonyl (C=O) groups is 2. The summed E-state index contributed by atoms with van der Waals surface area (Å²) in [6.45, 7) is 0. The van der Waals surface area contributed by atoms with Crippen LogP contribution in [-0.4, -0.2) is 18.0 Å². The molecule has 0 saturated heterocycles. The molecule has 3 aromatic carbocycles. The summed E-state index contributed by atoms with van der Waals surface area (Å²) in [6.07, 6.45) is 0.424. The molecule has 0 aromatic heterocycles. The molecule has 27 heavy (non-hydrogen) atoms. The van der Waals surface area contributed by atoms with Crippen molar-refractivity contribution in [3.63, 3.8) is 0 Å². The summed E-state index contributed by atoms with van der Waals surface area (Å²) in [5.74, 6) is -0.879. The molecule has 1 amide bonds. The number of esters is 1. The van der Waals surface area contributed by atoms with Crippen LogP contribution in [0.5, 0.6) is 0 Å². The first-order chi connectivity index (χ1) is 13.2. The SMILES string of the molecule is O=C1C=C(c2ccc(-c3ccccc3)cc2)C(C(=O)Nc2ccccc2)O1. The van der Waals surface area contributed by atoms with Crippen molar-refractivity contribution in [3.8, 4) is 11.1 Å². The largest absolute Gasteiger partial charge is 0.444 e. The summed E-state index contributed by atoms with van der Waals surface area (Å²) >= 11 is 0. The van der Waals surface area contributed by atoms with Gasteiger partial charge in [0, 0.05) is 17.3 Å². The minimum Gasteiger partial charge on any atom is -0.444 e.